The van der Waals surface area contributed by atoms with E-state index in [2.05, 4.69) is 43.1 Å². The molecule has 0 aromatic heterocycles. The lowest BCUT2D eigenvalue weighted by Gasteiger charge is -2.39. The maximum atomic E-state index is 3.71. The summed E-state index contributed by atoms with van der Waals surface area (Å²) in [6.45, 7) is 10.7. The highest BCUT2D eigenvalue weighted by Crippen LogP contribution is 2.19. The van der Waals surface area contributed by atoms with E-state index in [-0.39, 0.29) is 0 Å². The molecule has 0 amide bonds. The summed E-state index contributed by atoms with van der Waals surface area (Å²) in [6, 6.07) is 0. The highest BCUT2D eigenvalue weighted by Gasteiger charge is 2.27. The van der Waals surface area contributed by atoms with Crippen LogP contribution in [-0.2, 0) is 0 Å². The molecule has 102 valence electrons. The third-order valence-electron chi connectivity index (χ3n) is 3.81. The zero-order chi connectivity index (χ0) is 12.7. The Labute approximate surface area is 108 Å². The van der Waals surface area contributed by atoms with E-state index in [4.69, 9.17) is 0 Å². The third kappa shape index (κ3) is 5.84. The van der Waals surface area contributed by atoms with Crippen LogP contribution in [-0.4, -0.2) is 62.2 Å². The molecule has 1 atom stereocenters. The average Bonchev–Trinajstić information content (AvgIpc) is 2.28. The van der Waals surface area contributed by atoms with Crippen LogP contribution in [0, 0.1) is 0 Å². The summed E-state index contributed by atoms with van der Waals surface area (Å²) in [5, 5.41) is 3.71. The number of nitrogens with zero attached hydrogens (tertiary/aromatic N) is 2. The van der Waals surface area contributed by atoms with Crippen LogP contribution in [0.4, 0.5) is 0 Å². The first kappa shape index (κ1) is 14.9. The van der Waals surface area contributed by atoms with Gasteiger partial charge in [-0.05, 0) is 66.5 Å². The van der Waals surface area contributed by atoms with Crippen molar-refractivity contribution in [3.8, 4) is 0 Å². The summed E-state index contributed by atoms with van der Waals surface area (Å²) < 4.78 is 0. The van der Waals surface area contributed by atoms with Crippen molar-refractivity contribution in [3.63, 3.8) is 0 Å². The standard InChI is InChI=1S/C14H31N3/c1-5-17(12-8-11-16(3)4)13-14(2)9-6-7-10-15-14/h15H,5-13H2,1-4H3. The number of hydrogen-bond acceptors (Lipinski definition) is 3. The molecule has 0 saturated carbocycles. The molecule has 0 bridgehead atoms. The summed E-state index contributed by atoms with van der Waals surface area (Å²) in [5.74, 6) is 0. The molecular weight excluding hydrogens is 210 g/mol. The fourth-order valence-electron chi connectivity index (χ4n) is 2.71. The number of hydrogen-bond donors (Lipinski definition) is 1. The Morgan fingerprint density at radius 3 is 2.47 bits per heavy atom. The first-order valence-corrected chi connectivity index (χ1v) is 7.18. The van der Waals surface area contributed by atoms with Gasteiger partial charge in [-0.25, -0.2) is 0 Å². The van der Waals surface area contributed by atoms with E-state index >= 15 is 0 Å². The quantitative estimate of drug-likeness (QED) is 0.733. The van der Waals surface area contributed by atoms with Gasteiger partial charge in [0.2, 0.25) is 0 Å². The number of likely N-dealkylation sites (N-methyl/N-ethyl adjacent to an activating group) is 1. The normalized spacial score (nSPS) is 25.8. The molecule has 0 spiro atoms. The Kier molecular flexibility index (Phi) is 6.45. The van der Waals surface area contributed by atoms with Crippen molar-refractivity contribution < 1.29 is 0 Å². The zero-order valence-electron chi connectivity index (χ0n) is 12.3. The van der Waals surface area contributed by atoms with Gasteiger partial charge in [-0.15, -0.1) is 0 Å². The second kappa shape index (κ2) is 7.34. The van der Waals surface area contributed by atoms with E-state index in [0.717, 1.165) is 0 Å². The smallest absolute Gasteiger partial charge is 0.0280 e. The molecule has 0 aromatic carbocycles. The van der Waals surface area contributed by atoms with Crippen molar-refractivity contribution in [1.82, 2.24) is 15.1 Å². The lowest BCUT2D eigenvalue weighted by atomic mass is 9.90. The van der Waals surface area contributed by atoms with Crippen LogP contribution in [0.2, 0.25) is 0 Å². The van der Waals surface area contributed by atoms with E-state index in [1.807, 2.05) is 0 Å². The van der Waals surface area contributed by atoms with Crippen LogP contribution >= 0.6 is 0 Å². The second-order valence-electron chi connectivity index (χ2n) is 5.97. The minimum absolute atomic E-state index is 0.354. The van der Waals surface area contributed by atoms with Crippen LogP contribution in [0.5, 0.6) is 0 Å². The van der Waals surface area contributed by atoms with Gasteiger partial charge < -0.3 is 15.1 Å². The lowest BCUT2D eigenvalue weighted by Crippen LogP contribution is -2.53. The molecule has 1 aliphatic heterocycles. The molecule has 1 aliphatic rings. The van der Waals surface area contributed by atoms with Crippen molar-refractivity contribution in [2.24, 2.45) is 0 Å². The first-order chi connectivity index (χ1) is 8.06. The second-order valence-corrected chi connectivity index (χ2v) is 5.97. The van der Waals surface area contributed by atoms with Gasteiger partial charge in [-0.3, -0.25) is 0 Å². The first-order valence-electron chi connectivity index (χ1n) is 7.18. The Bertz CT molecular complexity index is 198. The molecule has 3 heteroatoms. The van der Waals surface area contributed by atoms with Crippen molar-refractivity contribution in [2.45, 2.75) is 45.1 Å². The summed E-state index contributed by atoms with van der Waals surface area (Å²) in [7, 11) is 4.31. The summed E-state index contributed by atoms with van der Waals surface area (Å²) in [6.07, 6.45) is 5.34. The molecule has 1 saturated heterocycles. The number of rotatable bonds is 7. The molecule has 1 unspecified atom stereocenters. The monoisotopic (exact) mass is 241 g/mol. The van der Waals surface area contributed by atoms with E-state index in [0.29, 0.717) is 5.54 Å². The molecule has 3 nitrogen and oxygen atoms in total. The van der Waals surface area contributed by atoms with Crippen molar-refractivity contribution in [1.29, 1.82) is 0 Å². The SMILES string of the molecule is CCN(CCCN(C)C)CC1(C)CCCCN1. The summed E-state index contributed by atoms with van der Waals surface area (Å²) >= 11 is 0. The fraction of sp³-hybridized carbons (Fsp3) is 1.00. The van der Waals surface area contributed by atoms with Crippen LogP contribution in [0.3, 0.4) is 0 Å². The highest BCUT2D eigenvalue weighted by molar-refractivity contribution is 4.89. The van der Waals surface area contributed by atoms with Gasteiger partial charge in [0.1, 0.15) is 0 Å². The highest BCUT2D eigenvalue weighted by atomic mass is 15.2. The maximum absolute atomic E-state index is 3.71. The van der Waals surface area contributed by atoms with Crippen molar-refractivity contribution >= 4 is 0 Å². The van der Waals surface area contributed by atoms with Gasteiger partial charge in [0.15, 0.2) is 0 Å². The maximum Gasteiger partial charge on any atom is 0.0280 e. The van der Waals surface area contributed by atoms with Crippen LogP contribution in [0.15, 0.2) is 0 Å². The Morgan fingerprint density at radius 1 is 1.18 bits per heavy atom. The molecule has 0 aromatic rings. The van der Waals surface area contributed by atoms with Gasteiger partial charge in [0.25, 0.3) is 0 Å². The van der Waals surface area contributed by atoms with Gasteiger partial charge in [0, 0.05) is 12.1 Å². The molecule has 1 fully saturated rings. The Morgan fingerprint density at radius 2 is 1.94 bits per heavy atom. The number of nitrogens with one attached hydrogen (secondary N) is 1. The minimum atomic E-state index is 0.354. The van der Waals surface area contributed by atoms with E-state index in [9.17, 15) is 0 Å². The molecule has 1 N–H and O–H groups in total. The lowest BCUT2D eigenvalue weighted by molar-refractivity contribution is 0.164. The minimum Gasteiger partial charge on any atom is -0.310 e. The van der Waals surface area contributed by atoms with Gasteiger partial charge in [-0.2, -0.15) is 0 Å². The predicted octanol–water partition coefficient (Wildman–Crippen LogP) is 1.79. The van der Waals surface area contributed by atoms with Crippen molar-refractivity contribution in [2.75, 3.05) is 46.8 Å². The average molecular weight is 241 g/mol. The summed E-state index contributed by atoms with van der Waals surface area (Å²) in [5.41, 5.74) is 0.354. The van der Waals surface area contributed by atoms with E-state index in [1.54, 1.807) is 0 Å². The van der Waals surface area contributed by atoms with E-state index < -0.39 is 0 Å². The van der Waals surface area contributed by atoms with Crippen LogP contribution < -0.4 is 5.32 Å². The molecule has 1 rings (SSSR count). The Hall–Kier alpha value is -0.120. The predicted molar refractivity (Wildman–Crippen MR) is 75.5 cm³/mol. The molecule has 17 heavy (non-hydrogen) atoms. The van der Waals surface area contributed by atoms with E-state index in [1.165, 1.54) is 58.4 Å². The fourth-order valence-corrected chi connectivity index (χ4v) is 2.71. The molecule has 0 radical (unpaired) electrons. The topological polar surface area (TPSA) is 18.5 Å². The third-order valence-corrected chi connectivity index (χ3v) is 3.81. The van der Waals surface area contributed by atoms with Crippen LogP contribution in [0.25, 0.3) is 0 Å². The van der Waals surface area contributed by atoms with Crippen molar-refractivity contribution in [3.05, 3.63) is 0 Å². The Balaban J connectivity index is 2.29. The largest absolute Gasteiger partial charge is 0.310 e. The van der Waals surface area contributed by atoms with Gasteiger partial charge in [0.05, 0.1) is 0 Å². The zero-order valence-corrected chi connectivity index (χ0v) is 12.3. The molecule has 0 aliphatic carbocycles. The van der Waals surface area contributed by atoms with Gasteiger partial charge >= 0.3 is 0 Å². The van der Waals surface area contributed by atoms with Crippen LogP contribution in [0.1, 0.15) is 39.5 Å². The van der Waals surface area contributed by atoms with Gasteiger partial charge in [-0.1, -0.05) is 13.3 Å². The summed E-state index contributed by atoms with van der Waals surface area (Å²) in [4.78, 5) is 4.87. The molecular formula is C14H31N3. The number of piperidine rings is 1. The molecule has 1 heterocycles.